The lowest BCUT2D eigenvalue weighted by molar-refractivity contribution is 0.235. The zero-order valence-electron chi connectivity index (χ0n) is 11.4. The molecule has 17 heavy (non-hydrogen) atoms. The number of hydrogen-bond donors (Lipinski definition) is 1. The maximum atomic E-state index is 9.52. The number of allylic oxidation sites excluding steroid dienone is 3. The molecule has 0 heterocycles. The van der Waals surface area contributed by atoms with Gasteiger partial charge in [0.1, 0.15) is 0 Å². The minimum absolute atomic E-state index is 0.404. The van der Waals surface area contributed by atoms with Crippen LogP contribution in [0.15, 0.2) is 36.0 Å². The summed E-state index contributed by atoms with van der Waals surface area (Å²) in [5.74, 6) is 1.33. The van der Waals surface area contributed by atoms with E-state index in [1.54, 1.807) is 18.6 Å². The van der Waals surface area contributed by atoms with Crippen LogP contribution >= 0.6 is 0 Å². The average molecular weight is 234 g/mol. The molecule has 1 nitrogen and oxygen atoms in total. The van der Waals surface area contributed by atoms with Gasteiger partial charge >= 0.3 is 0 Å². The minimum atomic E-state index is -0.404. The van der Waals surface area contributed by atoms with Crippen molar-refractivity contribution in [3.8, 4) is 0 Å². The summed E-state index contributed by atoms with van der Waals surface area (Å²) in [6, 6.07) is 0. The third kappa shape index (κ3) is 4.51. The van der Waals surface area contributed by atoms with Gasteiger partial charge in [0, 0.05) is 0 Å². The molecule has 1 unspecified atom stereocenters. The van der Waals surface area contributed by atoms with E-state index in [0.717, 1.165) is 17.9 Å². The van der Waals surface area contributed by atoms with E-state index in [1.165, 1.54) is 19.3 Å². The molecule has 0 saturated heterocycles. The van der Waals surface area contributed by atoms with E-state index in [1.807, 2.05) is 0 Å². The molecule has 0 aliphatic heterocycles. The Balaban J connectivity index is 2.60. The highest BCUT2D eigenvalue weighted by Gasteiger charge is 2.14. The Hall–Kier alpha value is -0.820. The van der Waals surface area contributed by atoms with E-state index in [4.69, 9.17) is 0 Å². The SMILES string of the molecule is C=C/C(=C\C[C@@H](C)C1=CC(C)CCC1)[C@H](C)O. The van der Waals surface area contributed by atoms with Crippen LogP contribution in [0.3, 0.4) is 0 Å². The molecule has 96 valence electrons. The van der Waals surface area contributed by atoms with Gasteiger partial charge in [0.25, 0.3) is 0 Å². The van der Waals surface area contributed by atoms with Crippen molar-refractivity contribution in [2.75, 3.05) is 0 Å². The van der Waals surface area contributed by atoms with Crippen LogP contribution in [0.2, 0.25) is 0 Å². The third-order valence-corrected chi connectivity index (χ3v) is 3.68. The fourth-order valence-corrected chi connectivity index (χ4v) is 2.46. The molecule has 3 atom stereocenters. The Morgan fingerprint density at radius 1 is 1.59 bits per heavy atom. The van der Waals surface area contributed by atoms with E-state index in [-0.39, 0.29) is 0 Å². The van der Waals surface area contributed by atoms with Crippen molar-refractivity contribution in [3.63, 3.8) is 0 Å². The van der Waals surface area contributed by atoms with Gasteiger partial charge in [-0.15, -0.1) is 0 Å². The van der Waals surface area contributed by atoms with E-state index in [0.29, 0.717) is 5.92 Å². The van der Waals surface area contributed by atoms with Crippen LogP contribution < -0.4 is 0 Å². The fraction of sp³-hybridized carbons (Fsp3) is 0.625. The first-order valence-corrected chi connectivity index (χ1v) is 6.75. The molecular formula is C16H26O. The lowest BCUT2D eigenvalue weighted by Gasteiger charge is -2.22. The van der Waals surface area contributed by atoms with E-state index in [2.05, 4.69) is 32.6 Å². The largest absolute Gasteiger partial charge is 0.389 e. The van der Waals surface area contributed by atoms with Crippen molar-refractivity contribution in [2.24, 2.45) is 11.8 Å². The fourth-order valence-electron chi connectivity index (χ4n) is 2.46. The van der Waals surface area contributed by atoms with E-state index < -0.39 is 6.10 Å². The average Bonchev–Trinajstić information content (AvgIpc) is 2.29. The summed E-state index contributed by atoms with van der Waals surface area (Å²) < 4.78 is 0. The van der Waals surface area contributed by atoms with E-state index >= 15 is 0 Å². The lowest BCUT2D eigenvalue weighted by Crippen LogP contribution is -2.08. The molecule has 0 saturated carbocycles. The Morgan fingerprint density at radius 2 is 2.29 bits per heavy atom. The maximum Gasteiger partial charge on any atom is 0.0758 e. The van der Waals surface area contributed by atoms with Gasteiger partial charge in [-0.1, -0.05) is 44.2 Å². The van der Waals surface area contributed by atoms with Crippen LogP contribution in [0.5, 0.6) is 0 Å². The van der Waals surface area contributed by atoms with Crippen LogP contribution in [0, 0.1) is 11.8 Å². The Morgan fingerprint density at radius 3 is 2.82 bits per heavy atom. The zero-order valence-corrected chi connectivity index (χ0v) is 11.4. The molecule has 0 aromatic heterocycles. The molecule has 0 amide bonds. The van der Waals surface area contributed by atoms with Gasteiger partial charge in [-0.25, -0.2) is 0 Å². The van der Waals surface area contributed by atoms with Gasteiger partial charge in [-0.3, -0.25) is 0 Å². The summed E-state index contributed by atoms with van der Waals surface area (Å²) in [4.78, 5) is 0. The molecule has 1 heteroatoms. The van der Waals surface area contributed by atoms with Crippen molar-refractivity contribution in [1.29, 1.82) is 0 Å². The standard InChI is InChI=1S/C16H26O/c1-5-15(14(4)17)10-9-13(3)16-8-6-7-12(2)11-16/h5,10-14,17H,1,6-9H2,2-4H3/b15-10+/t12?,13-,14+/m1/s1. The molecule has 1 N–H and O–H groups in total. The molecule has 1 aliphatic carbocycles. The molecule has 1 aliphatic rings. The molecule has 0 fully saturated rings. The van der Waals surface area contributed by atoms with Crippen molar-refractivity contribution in [3.05, 3.63) is 36.0 Å². The second-order valence-electron chi connectivity index (χ2n) is 5.33. The molecule has 0 radical (unpaired) electrons. The van der Waals surface area contributed by atoms with Crippen LogP contribution in [-0.2, 0) is 0 Å². The molecule has 0 spiro atoms. The number of rotatable bonds is 5. The first-order chi connectivity index (χ1) is 8.04. The topological polar surface area (TPSA) is 20.2 Å². The van der Waals surface area contributed by atoms with Crippen LogP contribution in [0.25, 0.3) is 0 Å². The summed E-state index contributed by atoms with van der Waals surface area (Å²) in [7, 11) is 0. The Bertz CT molecular complexity index is 309. The van der Waals surface area contributed by atoms with Gasteiger partial charge in [-0.2, -0.15) is 0 Å². The van der Waals surface area contributed by atoms with Crippen LogP contribution in [-0.4, -0.2) is 11.2 Å². The summed E-state index contributed by atoms with van der Waals surface area (Å²) in [6.45, 7) is 10.1. The highest BCUT2D eigenvalue weighted by Crippen LogP contribution is 2.29. The third-order valence-electron chi connectivity index (χ3n) is 3.68. The van der Waals surface area contributed by atoms with E-state index in [9.17, 15) is 5.11 Å². The van der Waals surface area contributed by atoms with Gasteiger partial charge in [0.05, 0.1) is 6.10 Å². The van der Waals surface area contributed by atoms with Crippen molar-refractivity contribution < 1.29 is 5.11 Å². The summed E-state index contributed by atoms with van der Waals surface area (Å²) in [6.07, 6.45) is 10.8. The quantitative estimate of drug-likeness (QED) is 0.557. The normalized spacial score (nSPS) is 25.1. The first kappa shape index (κ1) is 14.2. The molecular weight excluding hydrogens is 208 g/mol. The van der Waals surface area contributed by atoms with Crippen LogP contribution in [0.4, 0.5) is 0 Å². The van der Waals surface area contributed by atoms with Crippen molar-refractivity contribution in [1.82, 2.24) is 0 Å². The van der Waals surface area contributed by atoms with Crippen molar-refractivity contribution >= 4 is 0 Å². The Labute approximate surface area is 106 Å². The number of aliphatic hydroxyl groups excluding tert-OH is 1. The zero-order chi connectivity index (χ0) is 12.8. The predicted molar refractivity (Wildman–Crippen MR) is 74.8 cm³/mol. The first-order valence-electron chi connectivity index (χ1n) is 6.75. The molecule has 0 aromatic carbocycles. The summed E-state index contributed by atoms with van der Waals surface area (Å²) in [5, 5.41) is 9.52. The summed E-state index contributed by atoms with van der Waals surface area (Å²) >= 11 is 0. The number of aliphatic hydroxyl groups is 1. The second kappa shape index (κ2) is 6.80. The second-order valence-corrected chi connectivity index (χ2v) is 5.33. The maximum absolute atomic E-state index is 9.52. The summed E-state index contributed by atoms with van der Waals surface area (Å²) in [5.41, 5.74) is 2.54. The molecule has 1 rings (SSSR count). The lowest BCUT2D eigenvalue weighted by atomic mass is 9.84. The highest BCUT2D eigenvalue weighted by molar-refractivity contribution is 5.21. The van der Waals surface area contributed by atoms with Gasteiger partial charge < -0.3 is 5.11 Å². The highest BCUT2D eigenvalue weighted by atomic mass is 16.3. The van der Waals surface area contributed by atoms with Gasteiger partial charge in [0.15, 0.2) is 0 Å². The Kier molecular flexibility index (Phi) is 5.70. The predicted octanol–water partition coefficient (Wildman–Crippen LogP) is 4.25. The minimum Gasteiger partial charge on any atom is -0.389 e. The molecule has 0 bridgehead atoms. The smallest absolute Gasteiger partial charge is 0.0758 e. The monoisotopic (exact) mass is 234 g/mol. The molecule has 0 aromatic rings. The van der Waals surface area contributed by atoms with Crippen molar-refractivity contribution in [2.45, 2.75) is 52.6 Å². The van der Waals surface area contributed by atoms with Crippen LogP contribution in [0.1, 0.15) is 46.5 Å². The van der Waals surface area contributed by atoms with Gasteiger partial charge in [-0.05, 0) is 50.0 Å². The number of hydrogen-bond acceptors (Lipinski definition) is 1. The van der Waals surface area contributed by atoms with Gasteiger partial charge in [0.2, 0.25) is 0 Å².